The van der Waals surface area contributed by atoms with E-state index in [1.165, 1.54) is 38.2 Å². The van der Waals surface area contributed by atoms with Gasteiger partial charge >= 0.3 is 5.97 Å². The summed E-state index contributed by atoms with van der Waals surface area (Å²) in [4.78, 5) is 10.9. The van der Waals surface area contributed by atoms with E-state index in [9.17, 15) is 4.79 Å². The topological polar surface area (TPSA) is 26.3 Å². The lowest BCUT2D eigenvalue weighted by atomic mass is 9.71. The molecule has 106 valence electrons. The van der Waals surface area contributed by atoms with Crippen LogP contribution >= 0.6 is 0 Å². The van der Waals surface area contributed by atoms with Gasteiger partial charge in [0.2, 0.25) is 0 Å². The van der Waals surface area contributed by atoms with Crippen LogP contribution in [-0.4, -0.2) is 12.6 Å². The SMILES string of the molecule is CC(=O)OC/C(C)=C/[C@@H]1CC[C@@H](C)[C@H]2CCC(C)=C12. The first-order valence-electron chi connectivity index (χ1n) is 7.49. The molecule has 2 aliphatic rings. The molecule has 2 heteroatoms. The maximum absolute atomic E-state index is 10.9. The zero-order chi connectivity index (χ0) is 14.0. The zero-order valence-electron chi connectivity index (χ0n) is 12.7. The van der Waals surface area contributed by atoms with E-state index >= 15 is 0 Å². The van der Waals surface area contributed by atoms with Gasteiger partial charge in [0, 0.05) is 6.92 Å². The highest BCUT2D eigenvalue weighted by atomic mass is 16.5. The van der Waals surface area contributed by atoms with Gasteiger partial charge in [-0.05, 0) is 62.9 Å². The molecule has 0 saturated heterocycles. The van der Waals surface area contributed by atoms with Gasteiger partial charge in [-0.3, -0.25) is 4.79 Å². The quantitative estimate of drug-likeness (QED) is 0.561. The molecule has 0 radical (unpaired) electrons. The van der Waals surface area contributed by atoms with Gasteiger partial charge in [-0.25, -0.2) is 0 Å². The van der Waals surface area contributed by atoms with Crippen LogP contribution in [0.1, 0.15) is 53.4 Å². The number of hydrogen-bond acceptors (Lipinski definition) is 2. The standard InChI is InChI=1S/C17H26O2/c1-11(10-19-14(4)18)9-15-7-5-12(2)16-8-6-13(3)17(15)16/h9,12,15-16H,5-8,10H2,1-4H3/b11-9+/t12-,15+,16-/m1/s1. The number of allylic oxidation sites excluding steroid dienone is 3. The fraction of sp³-hybridized carbons (Fsp3) is 0.706. The van der Waals surface area contributed by atoms with Crippen molar-refractivity contribution in [3.05, 3.63) is 22.8 Å². The number of carbonyl (C=O) groups is 1. The highest BCUT2D eigenvalue weighted by Crippen LogP contribution is 2.48. The molecule has 19 heavy (non-hydrogen) atoms. The van der Waals surface area contributed by atoms with E-state index in [4.69, 9.17) is 4.74 Å². The summed E-state index contributed by atoms with van der Waals surface area (Å²) in [6.45, 7) is 8.68. The third-order valence-corrected chi connectivity index (χ3v) is 4.73. The van der Waals surface area contributed by atoms with E-state index in [-0.39, 0.29) is 5.97 Å². The predicted octanol–water partition coefficient (Wildman–Crippen LogP) is 4.27. The number of ether oxygens (including phenoxy) is 1. The second-order valence-electron chi connectivity index (χ2n) is 6.34. The molecule has 0 N–H and O–H groups in total. The van der Waals surface area contributed by atoms with Crippen LogP contribution in [0.4, 0.5) is 0 Å². The third-order valence-electron chi connectivity index (χ3n) is 4.73. The number of rotatable bonds is 3. The first kappa shape index (κ1) is 14.4. The van der Waals surface area contributed by atoms with Gasteiger partial charge in [0.15, 0.2) is 0 Å². The molecule has 0 heterocycles. The molecule has 2 rings (SSSR count). The summed E-state index contributed by atoms with van der Waals surface area (Å²) in [6, 6.07) is 0. The average Bonchev–Trinajstić information content (AvgIpc) is 2.74. The first-order valence-corrected chi connectivity index (χ1v) is 7.49. The monoisotopic (exact) mass is 262 g/mol. The lowest BCUT2D eigenvalue weighted by molar-refractivity contribution is -0.139. The lowest BCUT2D eigenvalue weighted by Gasteiger charge is -2.34. The Morgan fingerprint density at radius 3 is 2.74 bits per heavy atom. The third kappa shape index (κ3) is 3.29. The van der Waals surface area contributed by atoms with E-state index < -0.39 is 0 Å². The minimum absolute atomic E-state index is 0.195. The fourth-order valence-corrected chi connectivity index (χ4v) is 3.75. The van der Waals surface area contributed by atoms with Gasteiger partial charge < -0.3 is 4.74 Å². The fourth-order valence-electron chi connectivity index (χ4n) is 3.75. The molecule has 3 atom stereocenters. The molecule has 0 bridgehead atoms. The highest BCUT2D eigenvalue weighted by molar-refractivity contribution is 5.66. The second-order valence-corrected chi connectivity index (χ2v) is 6.34. The summed E-state index contributed by atoms with van der Waals surface area (Å²) in [5.74, 6) is 2.03. The zero-order valence-corrected chi connectivity index (χ0v) is 12.7. The molecule has 0 amide bonds. The van der Waals surface area contributed by atoms with E-state index in [2.05, 4.69) is 26.8 Å². The van der Waals surface area contributed by atoms with Crippen LogP contribution in [0.2, 0.25) is 0 Å². The van der Waals surface area contributed by atoms with E-state index in [0.29, 0.717) is 12.5 Å². The normalized spacial score (nSPS) is 31.4. The van der Waals surface area contributed by atoms with Crippen LogP contribution in [0.3, 0.4) is 0 Å². The van der Waals surface area contributed by atoms with Gasteiger partial charge in [0.05, 0.1) is 0 Å². The smallest absolute Gasteiger partial charge is 0.302 e. The van der Waals surface area contributed by atoms with Crippen molar-refractivity contribution in [2.75, 3.05) is 6.61 Å². The average molecular weight is 262 g/mol. The maximum atomic E-state index is 10.9. The Balaban J connectivity index is 2.09. The van der Waals surface area contributed by atoms with Crippen molar-refractivity contribution in [2.45, 2.75) is 53.4 Å². The molecular weight excluding hydrogens is 236 g/mol. The van der Waals surface area contributed by atoms with E-state index in [1.54, 1.807) is 11.1 Å². The van der Waals surface area contributed by atoms with Gasteiger partial charge in [0.25, 0.3) is 0 Å². The van der Waals surface area contributed by atoms with Crippen LogP contribution in [-0.2, 0) is 9.53 Å². The van der Waals surface area contributed by atoms with Crippen LogP contribution < -0.4 is 0 Å². The molecule has 0 aliphatic heterocycles. The summed E-state index contributed by atoms with van der Waals surface area (Å²) in [6.07, 6.45) is 7.53. The van der Waals surface area contributed by atoms with E-state index in [0.717, 1.165) is 11.8 Å². The number of carbonyl (C=O) groups excluding carboxylic acids is 1. The minimum Gasteiger partial charge on any atom is -0.461 e. The van der Waals surface area contributed by atoms with Crippen LogP contribution in [0.15, 0.2) is 22.8 Å². The Bertz CT molecular complexity index is 417. The van der Waals surface area contributed by atoms with Crippen molar-refractivity contribution in [3.63, 3.8) is 0 Å². The van der Waals surface area contributed by atoms with Crippen molar-refractivity contribution in [2.24, 2.45) is 17.8 Å². The molecule has 0 aromatic rings. The first-order chi connectivity index (χ1) is 8.99. The molecule has 0 aromatic carbocycles. The summed E-state index contributed by atoms with van der Waals surface area (Å²) in [5, 5.41) is 0. The van der Waals surface area contributed by atoms with Gasteiger partial charge in [0.1, 0.15) is 6.61 Å². The summed E-state index contributed by atoms with van der Waals surface area (Å²) >= 11 is 0. The molecule has 1 fully saturated rings. The Kier molecular flexibility index (Phi) is 4.49. The maximum Gasteiger partial charge on any atom is 0.302 e. The molecule has 0 aromatic heterocycles. The number of fused-ring (bicyclic) bond motifs is 1. The Labute approximate surface area is 116 Å². The van der Waals surface area contributed by atoms with Crippen LogP contribution in [0.5, 0.6) is 0 Å². The molecule has 2 aliphatic carbocycles. The van der Waals surface area contributed by atoms with Crippen molar-refractivity contribution in [3.8, 4) is 0 Å². The Hall–Kier alpha value is -1.05. The van der Waals surface area contributed by atoms with Gasteiger partial charge in [-0.15, -0.1) is 0 Å². The summed E-state index contributed by atoms with van der Waals surface area (Å²) in [7, 11) is 0. The van der Waals surface area contributed by atoms with Crippen LogP contribution in [0.25, 0.3) is 0 Å². The number of esters is 1. The molecular formula is C17H26O2. The van der Waals surface area contributed by atoms with Crippen molar-refractivity contribution < 1.29 is 9.53 Å². The molecule has 0 unspecified atom stereocenters. The van der Waals surface area contributed by atoms with Crippen molar-refractivity contribution in [1.29, 1.82) is 0 Å². The second kappa shape index (κ2) is 5.94. The summed E-state index contributed by atoms with van der Waals surface area (Å²) < 4.78 is 5.08. The lowest BCUT2D eigenvalue weighted by Crippen LogP contribution is -2.23. The van der Waals surface area contributed by atoms with Crippen molar-refractivity contribution in [1.82, 2.24) is 0 Å². The summed E-state index contributed by atoms with van der Waals surface area (Å²) in [5.41, 5.74) is 4.49. The number of hydrogen-bond donors (Lipinski definition) is 0. The van der Waals surface area contributed by atoms with Gasteiger partial charge in [-0.1, -0.05) is 24.1 Å². The minimum atomic E-state index is -0.195. The van der Waals surface area contributed by atoms with Crippen molar-refractivity contribution >= 4 is 5.97 Å². The van der Waals surface area contributed by atoms with E-state index in [1.807, 2.05) is 0 Å². The Morgan fingerprint density at radius 2 is 2.05 bits per heavy atom. The predicted molar refractivity (Wildman–Crippen MR) is 77.7 cm³/mol. The molecule has 2 nitrogen and oxygen atoms in total. The largest absolute Gasteiger partial charge is 0.461 e. The van der Waals surface area contributed by atoms with Crippen LogP contribution in [0, 0.1) is 17.8 Å². The molecule has 0 spiro atoms. The Morgan fingerprint density at radius 1 is 1.32 bits per heavy atom. The highest BCUT2D eigenvalue weighted by Gasteiger charge is 2.35. The molecule has 1 saturated carbocycles. The van der Waals surface area contributed by atoms with Gasteiger partial charge in [-0.2, -0.15) is 0 Å².